The van der Waals surface area contributed by atoms with Crippen LogP contribution < -0.4 is 9.47 Å². The first kappa shape index (κ1) is 18.5. The van der Waals surface area contributed by atoms with Crippen molar-refractivity contribution in [1.29, 1.82) is 0 Å². The average Bonchev–Trinajstić information content (AvgIpc) is 2.96. The van der Waals surface area contributed by atoms with Crippen LogP contribution in [-0.2, 0) is 6.61 Å². The molecule has 3 aromatic rings. The number of ketones is 1. The molecule has 0 atom stereocenters. The summed E-state index contributed by atoms with van der Waals surface area (Å²) in [6.45, 7) is 0.245. The Hall–Kier alpha value is -2.82. The summed E-state index contributed by atoms with van der Waals surface area (Å²) in [4.78, 5) is 12.5. The van der Waals surface area contributed by atoms with E-state index in [2.05, 4.69) is 0 Å². The van der Waals surface area contributed by atoms with E-state index in [1.165, 1.54) is 18.2 Å². The quantitative estimate of drug-likeness (QED) is 0.468. The first-order valence-electron chi connectivity index (χ1n) is 8.40. The molecule has 3 nitrogen and oxygen atoms in total. The molecule has 140 valence electrons. The Kier molecular flexibility index (Phi) is 5.07. The number of carbonyl (C=O) groups is 1. The lowest BCUT2D eigenvalue weighted by Gasteiger charge is -2.09. The van der Waals surface area contributed by atoms with Crippen molar-refractivity contribution >= 4 is 35.1 Å². The molecule has 0 saturated carbocycles. The molecular weight excluding hydrogens is 402 g/mol. The molecule has 0 radical (unpaired) electrons. The standard InChI is InChI=1S/C22H13Cl2FO3/c23-15-5-4-14(19(24)10-15)12-27-17-6-7-18-20(11-17)28-21(22(18)26)9-13-2-1-3-16(25)8-13/h1-11H,12H2. The van der Waals surface area contributed by atoms with Crippen molar-refractivity contribution in [3.05, 3.63) is 99.0 Å². The molecule has 0 aliphatic carbocycles. The molecule has 0 spiro atoms. The number of fused-ring (bicyclic) bond motifs is 1. The highest BCUT2D eigenvalue weighted by Gasteiger charge is 2.27. The minimum absolute atomic E-state index is 0.137. The van der Waals surface area contributed by atoms with Gasteiger partial charge in [0.1, 0.15) is 23.9 Å². The molecule has 0 amide bonds. The summed E-state index contributed by atoms with van der Waals surface area (Å²) in [6, 6.07) is 16.1. The van der Waals surface area contributed by atoms with Gasteiger partial charge in [0.25, 0.3) is 0 Å². The number of hydrogen-bond acceptors (Lipinski definition) is 3. The summed E-state index contributed by atoms with van der Waals surface area (Å²) in [5.41, 5.74) is 1.76. The van der Waals surface area contributed by atoms with Crippen LogP contribution in [0.25, 0.3) is 6.08 Å². The van der Waals surface area contributed by atoms with Crippen molar-refractivity contribution < 1.29 is 18.7 Å². The molecule has 0 aromatic heterocycles. The van der Waals surface area contributed by atoms with E-state index in [1.54, 1.807) is 48.5 Å². The van der Waals surface area contributed by atoms with Gasteiger partial charge in [0.05, 0.1) is 5.56 Å². The van der Waals surface area contributed by atoms with Crippen molar-refractivity contribution in [1.82, 2.24) is 0 Å². The topological polar surface area (TPSA) is 35.5 Å². The summed E-state index contributed by atoms with van der Waals surface area (Å²) < 4.78 is 24.8. The molecule has 0 fully saturated rings. The molecule has 3 aromatic carbocycles. The van der Waals surface area contributed by atoms with Gasteiger partial charge in [0.15, 0.2) is 5.76 Å². The van der Waals surface area contributed by atoms with Gasteiger partial charge in [0, 0.05) is 21.7 Å². The van der Waals surface area contributed by atoms with Crippen LogP contribution in [0.5, 0.6) is 11.5 Å². The highest BCUT2D eigenvalue weighted by molar-refractivity contribution is 6.35. The Labute approximate surface area is 170 Å². The molecule has 0 N–H and O–H groups in total. The first-order chi connectivity index (χ1) is 13.5. The van der Waals surface area contributed by atoms with Crippen molar-refractivity contribution in [3.63, 3.8) is 0 Å². The molecule has 4 rings (SSSR count). The maximum absolute atomic E-state index is 13.3. The van der Waals surface area contributed by atoms with Gasteiger partial charge in [-0.05, 0) is 48.0 Å². The smallest absolute Gasteiger partial charge is 0.231 e. The van der Waals surface area contributed by atoms with Gasteiger partial charge < -0.3 is 9.47 Å². The van der Waals surface area contributed by atoms with E-state index >= 15 is 0 Å². The summed E-state index contributed by atoms with van der Waals surface area (Å²) in [5.74, 6) is 0.427. The summed E-state index contributed by atoms with van der Waals surface area (Å²) >= 11 is 12.0. The lowest BCUT2D eigenvalue weighted by molar-refractivity contribution is 0.101. The fourth-order valence-corrected chi connectivity index (χ4v) is 3.27. The number of Topliss-reactive ketones (excluding diaryl/α,β-unsaturated/α-hetero) is 1. The third-order valence-electron chi connectivity index (χ3n) is 4.20. The maximum Gasteiger partial charge on any atom is 0.231 e. The second kappa shape index (κ2) is 7.66. The van der Waals surface area contributed by atoms with Crippen LogP contribution in [-0.4, -0.2) is 5.78 Å². The van der Waals surface area contributed by atoms with Crippen LogP contribution in [0.15, 0.2) is 66.4 Å². The highest BCUT2D eigenvalue weighted by Crippen LogP contribution is 2.35. The van der Waals surface area contributed by atoms with Crippen LogP contribution in [0.3, 0.4) is 0 Å². The minimum atomic E-state index is -0.381. The third-order valence-corrected chi connectivity index (χ3v) is 4.78. The second-order valence-electron chi connectivity index (χ2n) is 6.18. The Bertz CT molecular complexity index is 1110. The zero-order chi connectivity index (χ0) is 19.7. The number of benzene rings is 3. The fraction of sp³-hybridized carbons (Fsp3) is 0.0455. The van der Waals surface area contributed by atoms with E-state index in [9.17, 15) is 9.18 Å². The van der Waals surface area contributed by atoms with Crippen molar-refractivity contribution in [2.75, 3.05) is 0 Å². The molecule has 6 heteroatoms. The number of rotatable bonds is 4. The number of hydrogen-bond donors (Lipinski definition) is 0. The number of allylic oxidation sites excluding steroid dienone is 1. The zero-order valence-corrected chi connectivity index (χ0v) is 15.9. The average molecular weight is 415 g/mol. The number of ether oxygens (including phenoxy) is 2. The van der Waals surface area contributed by atoms with Crippen molar-refractivity contribution in [2.24, 2.45) is 0 Å². The molecular formula is C22H13Cl2FO3. The van der Waals surface area contributed by atoms with Gasteiger partial charge in [0.2, 0.25) is 5.78 Å². The molecule has 0 unspecified atom stereocenters. The van der Waals surface area contributed by atoms with Crippen LogP contribution >= 0.6 is 23.2 Å². The van der Waals surface area contributed by atoms with E-state index in [0.29, 0.717) is 32.7 Å². The SMILES string of the molecule is O=C1C(=Cc2cccc(F)c2)Oc2cc(OCc3ccc(Cl)cc3Cl)ccc21. The van der Waals surface area contributed by atoms with E-state index in [0.717, 1.165) is 5.56 Å². The Morgan fingerprint density at radius 1 is 1.04 bits per heavy atom. The lowest BCUT2D eigenvalue weighted by Crippen LogP contribution is -1.98. The third kappa shape index (κ3) is 3.88. The van der Waals surface area contributed by atoms with Crippen molar-refractivity contribution in [3.8, 4) is 11.5 Å². The van der Waals surface area contributed by atoms with E-state index in [4.69, 9.17) is 32.7 Å². The predicted molar refractivity (Wildman–Crippen MR) is 107 cm³/mol. The molecule has 28 heavy (non-hydrogen) atoms. The monoisotopic (exact) mass is 414 g/mol. The van der Waals surface area contributed by atoms with Gasteiger partial charge in [-0.25, -0.2) is 4.39 Å². The number of halogens is 3. The van der Waals surface area contributed by atoms with Gasteiger partial charge >= 0.3 is 0 Å². The van der Waals surface area contributed by atoms with Gasteiger partial charge in [-0.2, -0.15) is 0 Å². The Morgan fingerprint density at radius 2 is 1.89 bits per heavy atom. The Balaban J connectivity index is 1.52. The molecule has 1 heterocycles. The normalized spacial score (nSPS) is 14.1. The maximum atomic E-state index is 13.3. The second-order valence-corrected chi connectivity index (χ2v) is 7.02. The summed E-state index contributed by atoms with van der Waals surface area (Å²) in [7, 11) is 0. The first-order valence-corrected chi connectivity index (χ1v) is 9.16. The van der Waals surface area contributed by atoms with Crippen LogP contribution in [0, 0.1) is 5.82 Å². The van der Waals surface area contributed by atoms with Gasteiger partial charge in [-0.15, -0.1) is 0 Å². The minimum Gasteiger partial charge on any atom is -0.489 e. The molecule has 0 saturated heterocycles. The molecule has 1 aliphatic rings. The van der Waals surface area contributed by atoms with Gasteiger partial charge in [-0.1, -0.05) is 41.4 Å². The van der Waals surface area contributed by atoms with E-state index < -0.39 is 0 Å². The zero-order valence-electron chi connectivity index (χ0n) is 14.4. The summed E-state index contributed by atoms with van der Waals surface area (Å²) in [6.07, 6.45) is 1.51. The van der Waals surface area contributed by atoms with Crippen LogP contribution in [0.1, 0.15) is 21.5 Å². The molecule has 0 bridgehead atoms. The van der Waals surface area contributed by atoms with E-state index in [-0.39, 0.29) is 24.0 Å². The van der Waals surface area contributed by atoms with E-state index in [1.807, 2.05) is 0 Å². The molecule has 1 aliphatic heterocycles. The van der Waals surface area contributed by atoms with Crippen LogP contribution in [0.2, 0.25) is 10.0 Å². The van der Waals surface area contributed by atoms with Gasteiger partial charge in [-0.3, -0.25) is 4.79 Å². The largest absolute Gasteiger partial charge is 0.489 e. The Morgan fingerprint density at radius 3 is 2.68 bits per heavy atom. The highest BCUT2D eigenvalue weighted by atomic mass is 35.5. The fourth-order valence-electron chi connectivity index (χ4n) is 2.80. The lowest BCUT2D eigenvalue weighted by atomic mass is 10.1. The van der Waals surface area contributed by atoms with Crippen molar-refractivity contribution in [2.45, 2.75) is 6.61 Å². The number of carbonyl (C=O) groups excluding carboxylic acids is 1. The summed E-state index contributed by atoms with van der Waals surface area (Å²) in [5, 5.41) is 1.07. The predicted octanol–water partition coefficient (Wildman–Crippen LogP) is 6.33. The van der Waals surface area contributed by atoms with Crippen LogP contribution in [0.4, 0.5) is 4.39 Å².